The summed E-state index contributed by atoms with van der Waals surface area (Å²) < 4.78 is 6.95. The molecule has 0 spiro atoms. The summed E-state index contributed by atoms with van der Waals surface area (Å²) in [6.45, 7) is 3.94. The third-order valence-corrected chi connectivity index (χ3v) is 6.05. The zero-order chi connectivity index (χ0) is 24.0. The zero-order valence-corrected chi connectivity index (χ0v) is 19.4. The average Bonchev–Trinajstić information content (AvgIpc) is 3.55. The maximum atomic E-state index is 13.0. The van der Waals surface area contributed by atoms with Gasteiger partial charge in [-0.2, -0.15) is 9.67 Å². The third-order valence-electron chi connectivity index (χ3n) is 6.05. The quantitative estimate of drug-likeness (QED) is 0.395. The minimum atomic E-state index is -0.343. The van der Waals surface area contributed by atoms with Crippen LogP contribution in [-0.2, 0) is 0 Å². The number of nitrogen functional groups attached to an aromatic ring is 1. The van der Waals surface area contributed by atoms with E-state index in [9.17, 15) is 4.79 Å². The molecule has 0 unspecified atom stereocenters. The number of hydrogen-bond donors (Lipinski definition) is 2. The van der Waals surface area contributed by atoms with Crippen LogP contribution in [0.25, 0.3) is 11.1 Å². The van der Waals surface area contributed by atoms with Crippen molar-refractivity contribution >= 4 is 23.5 Å². The molecule has 35 heavy (non-hydrogen) atoms. The molecule has 4 aromatic rings. The lowest BCUT2D eigenvalue weighted by Crippen LogP contribution is -2.25. The summed E-state index contributed by atoms with van der Waals surface area (Å²) in [4.78, 5) is 19.6. The van der Waals surface area contributed by atoms with Crippen molar-refractivity contribution in [1.82, 2.24) is 19.7 Å². The molecule has 0 bridgehead atoms. The molecular formula is C27H28N6O2. The van der Waals surface area contributed by atoms with Gasteiger partial charge >= 0.3 is 0 Å². The van der Waals surface area contributed by atoms with Gasteiger partial charge in [-0.25, -0.2) is 0 Å². The molecule has 0 radical (unpaired) electrons. The molecule has 178 valence electrons. The predicted molar refractivity (Wildman–Crippen MR) is 137 cm³/mol. The summed E-state index contributed by atoms with van der Waals surface area (Å²) in [5, 5.41) is 7.35. The first-order valence-corrected chi connectivity index (χ1v) is 11.8. The predicted octanol–water partition coefficient (Wildman–Crippen LogP) is 4.43. The maximum absolute atomic E-state index is 13.0. The lowest BCUT2D eigenvalue weighted by atomic mass is 10.0. The van der Waals surface area contributed by atoms with Gasteiger partial charge in [0, 0.05) is 17.8 Å². The number of hydrogen-bond acceptors (Lipinski definition) is 7. The molecule has 1 saturated heterocycles. The van der Waals surface area contributed by atoms with E-state index in [1.165, 1.54) is 12.8 Å². The van der Waals surface area contributed by atoms with Crippen LogP contribution < -0.4 is 15.8 Å². The Balaban J connectivity index is 1.20. The Morgan fingerprint density at radius 3 is 2.31 bits per heavy atom. The topological polar surface area (TPSA) is 98.3 Å². The van der Waals surface area contributed by atoms with Crippen molar-refractivity contribution in [2.75, 3.05) is 37.3 Å². The monoisotopic (exact) mass is 468 g/mol. The maximum Gasteiger partial charge on any atom is 0.281 e. The van der Waals surface area contributed by atoms with Gasteiger partial charge in [-0.3, -0.25) is 9.69 Å². The minimum absolute atomic E-state index is 0.0199. The number of nitrogens with two attached hydrogens (primary N) is 1. The highest BCUT2D eigenvalue weighted by Gasteiger charge is 2.16. The van der Waals surface area contributed by atoms with Gasteiger partial charge in [-0.05, 0) is 73.5 Å². The second-order valence-corrected chi connectivity index (χ2v) is 8.50. The summed E-state index contributed by atoms with van der Waals surface area (Å²) >= 11 is 0. The van der Waals surface area contributed by atoms with Crippen LogP contribution in [0.1, 0.15) is 23.2 Å². The number of rotatable bonds is 8. The van der Waals surface area contributed by atoms with Crippen LogP contribution in [0.4, 0.5) is 17.6 Å². The molecule has 0 atom stereocenters. The van der Waals surface area contributed by atoms with E-state index in [-0.39, 0.29) is 17.8 Å². The number of anilines is 3. The van der Waals surface area contributed by atoms with E-state index >= 15 is 0 Å². The van der Waals surface area contributed by atoms with Gasteiger partial charge in [0.05, 0.1) is 0 Å². The van der Waals surface area contributed by atoms with Gasteiger partial charge in [-0.1, -0.05) is 42.5 Å². The summed E-state index contributed by atoms with van der Waals surface area (Å²) in [5.41, 5.74) is 9.35. The normalized spacial score (nSPS) is 13.6. The molecule has 8 heteroatoms. The van der Waals surface area contributed by atoms with Crippen molar-refractivity contribution in [3.8, 4) is 16.9 Å². The minimum Gasteiger partial charge on any atom is -0.492 e. The number of aromatic nitrogens is 3. The van der Waals surface area contributed by atoms with E-state index in [0.717, 1.165) is 46.9 Å². The van der Waals surface area contributed by atoms with Crippen LogP contribution in [0, 0.1) is 0 Å². The number of likely N-dealkylation sites (tertiary alicyclic amines) is 1. The Hall–Kier alpha value is -4.17. The number of carbonyl (C=O) groups excluding carboxylic acids is 1. The summed E-state index contributed by atoms with van der Waals surface area (Å²) in [7, 11) is 0. The van der Waals surface area contributed by atoms with Gasteiger partial charge in [0.25, 0.3) is 5.91 Å². The Labute approximate surface area is 204 Å². The highest BCUT2D eigenvalue weighted by atomic mass is 16.5. The van der Waals surface area contributed by atoms with Crippen LogP contribution in [0.15, 0.2) is 78.9 Å². The fraction of sp³-hybridized carbons (Fsp3) is 0.222. The zero-order valence-electron chi connectivity index (χ0n) is 19.4. The molecule has 0 amide bonds. The van der Waals surface area contributed by atoms with Crippen molar-refractivity contribution in [2.24, 2.45) is 0 Å². The van der Waals surface area contributed by atoms with Crippen molar-refractivity contribution in [3.63, 3.8) is 0 Å². The van der Waals surface area contributed by atoms with Gasteiger partial charge in [0.15, 0.2) is 0 Å². The summed E-state index contributed by atoms with van der Waals surface area (Å²) in [6.07, 6.45) is 2.56. The molecule has 2 heterocycles. The van der Waals surface area contributed by atoms with Crippen molar-refractivity contribution in [2.45, 2.75) is 12.8 Å². The van der Waals surface area contributed by atoms with Crippen molar-refractivity contribution in [3.05, 3.63) is 84.4 Å². The second kappa shape index (κ2) is 10.4. The molecule has 1 aliphatic rings. The van der Waals surface area contributed by atoms with Crippen molar-refractivity contribution < 1.29 is 9.53 Å². The molecule has 5 rings (SSSR count). The standard InChI is InChI=1S/C27H28N6O2/c28-26-30-27(29-23-12-14-24(15-13-23)35-19-18-32-16-4-5-17-32)31-33(26)25(34)22-10-8-21(9-11-22)20-6-2-1-3-7-20/h1-3,6-15H,4-5,16-19H2,(H3,28,29,30,31). The largest absolute Gasteiger partial charge is 0.492 e. The first-order valence-electron chi connectivity index (χ1n) is 11.8. The Morgan fingerprint density at radius 1 is 0.914 bits per heavy atom. The lowest BCUT2D eigenvalue weighted by Gasteiger charge is -2.15. The highest BCUT2D eigenvalue weighted by molar-refractivity contribution is 5.97. The van der Waals surface area contributed by atoms with Crippen LogP contribution >= 0.6 is 0 Å². The lowest BCUT2D eigenvalue weighted by molar-refractivity contribution is 0.0948. The van der Waals surface area contributed by atoms with Gasteiger partial charge in [-0.15, -0.1) is 5.10 Å². The first-order chi connectivity index (χ1) is 17.2. The molecule has 3 N–H and O–H groups in total. The van der Waals surface area contributed by atoms with E-state index < -0.39 is 0 Å². The third kappa shape index (κ3) is 5.50. The molecule has 0 saturated carbocycles. The Kier molecular flexibility index (Phi) is 6.72. The number of nitrogens with zero attached hydrogens (tertiary/aromatic N) is 4. The molecule has 1 aromatic heterocycles. The van der Waals surface area contributed by atoms with E-state index in [0.29, 0.717) is 12.2 Å². The van der Waals surface area contributed by atoms with Gasteiger partial charge in [0.1, 0.15) is 12.4 Å². The second-order valence-electron chi connectivity index (χ2n) is 8.50. The fourth-order valence-corrected chi connectivity index (χ4v) is 4.15. The van der Waals surface area contributed by atoms with Crippen LogP contribution in [-0.4, -0.2) is 51.8 Å². The Morgan fingerprint density at radius 2 is 1.60 bits per heavy atom. The summed E-state index contributed by atoms with van der Waals surface area (Å²) in [6, 6.07) is 24.9. The van der Waals surface area contributed by atoms with E-state index in [4.69, 9.17) is 10.5 Å². The molecule has 1 fully saturated rings. The van der Waals surface area contributed by atoms with Crippen LogP contribution in [0.2, 0.25) is 0 Å². The summed E-state index contributed by atoms with van der Waals surface area (Å²) in [5.74, 6) is 0.734. The van der Waals surface area contributed by atoms with Crippen LogP contribution in [0.3, 0.4) is 0 Å². The molecule has 1 aliphatic heterocycles. The molecule has 8 nitrogen and oxygen atoms in total. The molecular weight excluding hydrogens is 440 g/mol. The number of carbonyl (C=O) groups is 1. The number of nitrogens with one attached hydrogen (secondary N) is 1. The van der Waals surface area contributed by atoms with Gasteiger partial charge in [0.2, 0.25) is 11.9 Å². The smallest absolute Gasteiger partial charge is 0.281 e. The first kappa shape index (κ1) is 22.6. The highest BCUT2D eigenvalue weighted by Crippen LogP contribution is 2.22. The molecule has 3 aromatic carbocycles. The van der Waals surface area contributed by atoms with E-state index in [1.54, 1.807) is 12.1 Å². The van der Waals surface area contributed by atoms with Gasteiger partial charge < -0.3 is 15.8 Å². The Bertz CT molecular complexity index is 1260. The fourth-order valence-electron chi connectivity index (χ4n) is 4.15. The average molecular weight is 469 g/mol. The van der Waals surface area contributed by atoms with E-state index in [1.807, 2.05) is 66.7 Å². The van der Waals surface area contributed by atoms with Crippen molar-refractivity contribution in [1.29, 1.82) is 0 Å². The van der Waals surface area contributed by atoms with E-state index in [2.05, 4.69) is 20.3 Å². The number of ether oxygens (including phenoxy) is 1. The van der Waals surface area contributed by atoms with Crippen LogP contribution in [0.5, 0.6) is 5.75 Å². The number of benzene rings is 3. The SMILES string of the molecule is Nc1nc(Nc2ccc(OCCN3CCCC3)cc2)nn1C(=O)c1ccc(-c2ccccc2)cc1. The molecule has 0 aliphatic carbocycles.